The molecule has 6 nitrogen and oxygen atoms in total. The van der Waals surface area contributed by atoms with Crippen LogP contribution in [0.3, 0.4) is 0 Å². The highest BCUT2D eigenvalue weighted by molar-refractivity contribution is 6.25. The minimum Gasteiger partial charge on any atom is -0.497 e. The summed E-state index contributed by atoms with van der Waals surface area (Å²) in [5.41, 5.74) is 10.0. The van der Waals surface area contributed by atoms with Crippen LogP contribution in [0.25, 0.3) is 22.3 Å². The van der Waals surface area contributed by atoms with Gasteiger partial charge in [0.05, 0.1) is 42.7 Å². The topological polar surface area (TPSA) is 55.4 Å². The van der Waals surface area contributed by atoms with Crippen LogP contribution in [0.1, 0.15) is 33.4 Å². The number of methoxy groups -OCH3 is 6. The van der Waals surface area contributed by atoms with E-state index in [0.29, 0.717) is 0 Å². The lowest BCUT2D eigenvalue weighted by Crippen LogP contribution is -2.03. The van der Waals surface area contributed by atoms with Crippen LogP contribution >= 0.6 is 0 Å². The molecule has 0 aromatic heterocycles. The standard InChI is InChI=1S/C46H42O6/c1-47-37-19-7-31(8-20-37)43(32-9-21-38(48-2)22-10-32)45(35-15-27-41(51-5)28-16-35)46(36-17-29-42(52-6)30-18-36)44(33-11-23-39(49-3)24-12-33)34-13-25-40(50-4)26-14-34/h7-30H,1-6H3. The SMILES string of the molecule is COc1ccc(C(C(=C(c2ccc(OC)cc2)c2ccc(OC)cc2)c2ccc(OC)cc2)=C(c2ccc(OC)cc2)c2ccc(OC)cc2)cc1. The minimum atomic E-state index is 0.763. The van der Waals surface area contributed by atoms with Crippen LogP contribution in [0.15, 0.2) is 146 Å². The van der Waals surface area contributed by atoms with Gasteiger partial charge in [0, 0.05) is 0 Å². The fourth-order valence-corrected chi connectivity index (χ4v) is 6.28. The Morgan fingerprint density at radius 3 is 0.538 bits per heavy atom. The van der Waals surface area contributed by atoms with Gasteiger partial charge in [-0.15, -0.1) is 0 Å². The van der Waals surface area contributed by atoms with Crippen LogP contribution in [0.4, 0.5) is 0 Å². The normalized spacial score (nSPS) is 10.5. The first kappa shape index (κ1) is 35.4. The Hall–Kier alpha value is -6.40. The fourth-order valence-electron chi connectivity index (χ4n) is 6.28. The maximum absolute atomic E-state index is 5.64. The third-order valence-electron chi connectivity index (χ3n) is 9.02. The number of hydrogen-bond acceptors (Lipinski definition) is 6. The second-order valence-corrected chi connectivity index (χ2v) is 11.9. The quantitative estimate of drug-likeness (QED) is 0.0888. The molecule has 0 aliphatic rings. The van der Waals surface area contributed by atoms with Crippen LogP contribution < -0.4 is 28.4 Å². The molecule has 0 atom stereocenters. The van der Waals surface area contributed by atoms with Crippen molar-refractivity contribution in [1.82, 2.24) is 0 Å². The lowest BCUT2D eigenvalue weighted by molar-refractivity contribution is 0.414. The monoisotopic (exact) mass is 690 g/mol. The summed E-state index contributed by atoms with van der Waals surface area (Å²) in [5, 5.41) is 0. The van der Waals surface area contributed by atoms with Crippen molar-refractivity contribution in [3.05, 3.63) is 179 Å². The molecule has 0 saturated heterocycles. The van der Waals surface area contributed by atoms with E-state index in [4.69, 9.17) is 28.4 Å². The van der Waals surface area contributed by atoms with Gasteiger partial charge in [-0.2, -0.15) is 0 Å². The molecule has 6 aromatic rings. The van der Waals surface area contributed by atoms with Crippen molar-refractivity contribution < 1.29 is 28.4 Å². The number of rotatable bonds is 13. The van der Waals surface area contributed by atoms with E-state index in [1.165, 1.54) is 0 Å². The first-order valence-corrected chi connectivity index (χ1v) is 16.9. The van der Waals surface area contributed by atoms with Crippen molar-refractivity contribution in [2.24, 2.45) is 0 Å². The minimum absolute atomic E-state index is 0.763. The van der Waals surface area contributed by atoms with Gasteiger partial charge in [-0.25, -0.2) is 0 Å². The number of allylic oxidation sites excluding steroid dienone is 2. The fraction of sp³-hybridized carbons (Fsp3) is 0.130. The molecule has 0 spiro atoms. The molecule has 0 N–H and O–H groups in total. The summed E-state index contributed by atoms with van der Waals surface area (Å²) in [4.78, 5) is 0. The Morgan fingerprint density at radius 1 is 0.231 bits per heavy atom. The molecule has 0 unspecified atom stereocenters. The average Bonchev–Trinajstić information content (AvgIpc) is 3.22. The zero-order valence-electron chi connectivity index (χ0n) is 30.3. The molecular weight excluding hydrogens is 649 g/mol. The predicted octanol–water partition coefficient (Wildman–Crippen LogP) is 10.4. The van der Waals surface area contributed by atoms with Crippen molar-refractivity contribution in [3.8, 4) is 34.5 Å². The highest BCUT2D eigenvalue weighted by atomic mass is 16.5. The molecule has 6 aromatic carbocycles. The molecule has 0 fully saturated rings. The molecule has 0 heterocycles. The molecule has 262 valence electrons. The van der Waals surface area contributed by atoms with E-state index in [1.54, 1.807) is 42.7 Å². The molecular formula is C46H42O6. The van der Waals surface area contributed by atoms with E-state index in [9.17, 15) is 0 Å². The maximum atomic E-state index is 5.64. The average molecular weight is 691 g/mol. The van der Waals surface area contributed by atoms with E-state index in [2.05, 4.69) is 72.8 Å². The van der Waals surface area contributed by atoms with Gasteiger partial charge in [0.25, 0.3) is 0 Å². The third-order valence-corrected chi connectivity index (χ3v) is 9.02. The van der Waals surface area contributed by atoms with Gasteiger partial charge in [-0.1, -0.05) is 72.8 Å². The lowest BCUT2D eigenvalue weighted by Gasteiger charge is -2.25. The van der Waals surface area contributed by atoms with Crippen molar-refractivity contribution in [2.75, 3.05) is 42.7 Å². The van der Waals surface area contributed by atoms with Crippen LogP contribution in [0, 0.1) is 0 Å². The summed E-state index contributed by atoms with van der Waals surface area (Å²) in [7, 11) is 10.1. The van der Waals surface area contributed by atoms with E-state index < -0.39 is 0 Å². The molecule has 52 heavy (non-hydrogen) atoms. The van der Waals surface area contributed by atoms with Gasteiger partial charge in [0.15, 0.2) is 0 Å². The highest BCUT2D eigenvalue weighted by Crippen LogP contribution is 2.47. The summed E-state index contributed by atoms with van der Waals surface area (Å²) in [6.45, 7) is 0. The van der Waals surface area contributed by atoms with Crippen LogP contribution in [-0.4, -0.2) is 42.7 Å². The summed E-state index contributed by atoms with van der Waals surface area (Å²) in [5.74, 6) is 4.61. The molecule has 6 heteroatoms. The number of hydrogen-bond donors (Lipinski definition) is 0. The maximum Gasteiger partial charge on any atom is 0.118 e. The van der Waals surface area contributed by atoms with E-state index in [1.807, 2.05) is 72.8 Å². The Kier molecular flexibility index (Phi) is 11.3. The molecule has 6 rings (SSSR count). The Bertz CT molecular complexity index is 1870. The Balaban J connectivity index is 1.85. The molecule has 0 amide bonds. The number of benzene rings is 6. The molecule has 0 bridgehead atoms. The van der Waals surface area contributed by atoms with Crippen LogP contribution in [-0.2, 0) is 0 Å². The first-order chi connectivity index (χ1) is 25.5. The van der Waals surface area contributed by atoms with Crippen LogP contribution in [0.5, 0.6) is 34.5 Å². The van der Waals surface area contributed by atoms with Gasteiger partial charge < -0.3 is 28.4 Å². The first-order valence-electron chi connectivity index (χ1n) is 16.9. The van der Waals surface area contributed by atoms with Crippen LogP contribution in [0.2, 0.25) is 0 Å². The van der Waals surface area contributed by atoms with E-state index in [0.717, 1.165) is 90.2 Å². The highest BCUT2D eigenvalue weighted by Gasteiger charge is 2.25. The Labute approximate surface area is 306 Å². The van der Waals surface area contributed by atoms with E-state index in [-0.39, 0.29) is 0 Å². The summed E-state index contributed by atoms with van der Waals surface area (Å²) in [6.07, 6.45) is 0. The van der Waals surface area contributed by atoms with Gasteiger partial charge in [0.1, 0.15) is 34.5 Å². The zero-order valence-corrected chi connectivity index (χ0v) is 30.3. The van der Waals surface area contributed by atoms with E-state index >= 15 is 0 Å². The third kappa shape index (κ3) is 7.67. The molecule has 0 radical (unpaired) electrons. The Morgan fingerprint density at radius 2 is 0.385 bits per heavy atom. The molecule has 0 aliphatic carbocycles. The second-order valence-electron chi connectivity index (χ2n) is 11.9. The molecule has 0 saturated carbocycles. The summed E-state index contributed by atoms with van der Waals surface area (Å²) < 4.78 is 33.7. The van der Waals surface area contributed by atoms with Crippen molar-refractivity contribution in [3.63, 3.8) is 0 Å². The summed E-state index contributed by atoms with van der Waals surface area (Å²) >= 11 is 0. The largest absolute Gasteiger partial charge is 0.497 e. The summed E-state index contributed by atoms with van der Waals surface area (Å²) in [6, 6.07) is 49.3. The molecule has 0 aliphatic heterocycles. The van der Waals surface area contributed by atoms with Gasteiger partial charge in [-0.3, -0.25) is 0 Å². The smallest absolute Gasteiger partial charge is 0.118 e. The second kappa shape index (κ2) is 16.5. The number of ether oxygens (including phenoxy) is 6. The van der Waals surface area contributed by atoms with Gasteiger partial charge in [0.2, 0.25) is 0 Å². The van der Waals surface area contributed by atoms with Crippen molar-refractivity contribution >= 4 is 22.3 Å². The van der Waals surface area contributed by atoms with Crippen molar-refractivity contribution in [2.45, 2.75) is 0 Å². The van der Waals surface area contributed by atoms with Gasteiger partial charge in [-0.05, 0) is 128 Å². The zero-order chi connectivity index (χ0) is 36.5. The lowest BCUT2D eigenvalue weighted by atomic mass is 9.78. The van der Waals surface area contributed by atoms with Gasteiger partial charge >= 0.3 is 0 Å². The van der Waals surface area contributed by atoms with Crippen molar-refractivity contribution in [1.29, 1.82) is 0 Å². The predicted molar refractivity (Wildman–Crippen MR) is 210 cm³/mol.